The first-order valence-electron chi connectivity index (χ1n) is 7.66. The summed E-state index contributed by atoms with van der Waals surface area (Å²) in [6.07, 6.45) is 5.34. The molecule has 0 radical (unpaired) electrons. The van der Waals surface area contributed by atoms with Gasteiger partial charge in [0.1, 0.15) is 5.78 Å². The fraction of sp³-hybridized carbons (Fsp3) is 0.933. The van der Waals surface area contributed by atoms with Gasteiger partial charge in [0.05, 0.1) is 18.8 Å². The van der Waals surface area contributed by atoms with Gasteiger partial charge in [-0.2, -0.15) is 0 Å². The van der Waals surface area contributed by atoms with Crippen molar-refractivity contribution in [1.29, 1.82) is 0 Å². The Bertz CT molecular complexity index is 293. The average Bonchev–Trinajstić information content (AvgIpc) is 2.35. The van der Waals surface area contributed by atoms with Crippen molar-refractivity contribution < 1.29 is 9.53 Å². The van der Waals surface area contributed by atoms with Gasteiger partial charge in [-0.1, -0.05) is 13.8 Å². The third kappa shape index (κ3) is 4.26. The Labute approximate surface area is 116 Å². The molecule has 2 rings (SSSR count). The number of nitrogens with one attached hydrogen (secondary N) is 1. The maximum Gasteiger partial charge on any atom is 0.149 e. The number of likely N-dealkylation sites (tertiary alicyclic amines) is 1. The Balaban J connectivity index is 1.61. The van der Waals surface area contributed by atoms with Crippen LogP contribution in [0.25, 0.3) is 0 Å². The lowest BCUT2D eigenvalue weighted by atomic mass is 9.89. The number of ether oxygens (including phenoxy) is 1. The number of hydrogen-bond acceptors (Lipinski definition) is 4. The number of nitrogens with zero attached hydrogens (tertiary/aromatic N) is 1. The van der Waals surface area contributed by atoms with E-state index < -0.39 is 0 Å². The highest BCUT2D eigenvalue weighted by molar-refractivity contribution is 5.82. The molecular formula is C15H28N2O2. The molecule has 2 aliphatic rings. The van der Waals surface area contributed by atoms with Crippen LogP contribution in [-0.4, -0.2) is 55.6 Å². The van der Waals surface area contributed by atoms with Crippen molar-refractivity contribution in [3.63, 3.8) is 0 Å². The number of rotatable bonds is 6. The van der Waals surface area contributed by atoms with Crippen LogP contribution in [0.3, 0.4) is 0 Å². The molecule has 0 aromatic carbocycles. The van der Waals surface area contributed by atoms with Gasteiger partial charge in [-0.3, -0.25) is 9.69 Å². The Morgan fingerprint density at radius 2 is 1.89 bits per heavy atom. The van der Waals surface area contributed by atoms with Gasteiger partial charge >= 0.3 is 0 Å². The fourth-order valence-electron chi connectivity index (χ4n) is 2.79. The summed E-state index contributed by atoms with van der Waals surface area (Å²) in [7, 11) is 2.02. The summed E-state index contributed by atoms with van der Waals surface area (Å²) in [5.41, 5.74) is 0. The van der Waals surface area contributed by atoms with E-state index in [0.29, 0.717) is 30.6 Å². The van der Waals surface area contributed by atoms with Gasteiger partial charge in [0, 0.05) is 25.0 Å². The molecule has 0 amide bonds. The molecule has 0 aromatic heterocycles. The van der Waals surface area contributed by atoms with Gasteiger partial charge in [-0.25, -0.2) is 0 Å². The third-order valence-corrected chi connectivity index (χ3v) is 4.45. The molecule has 4 heteroatoms. The molecule has 1 heterocycles. The summed E-state index contributed by atoms with van der Waals surface area (Å²) in [5, 5.41) is 3.28. The second kappa shape index (κ2) is 6.82. The highest BCUT2D eigenvalue weighted by Gasteiger charge is 2.32. The van der Waals surface area contributed by atoms with E-state index in [1.165, 1.54) is 0 Å². The van der Waals surface area contributed by atoms with E-state index in [1.807, 2.05) is 20.9 Å². The molecule has 0 atom stereocenters. The summed E-state index contributed by atoms with van der Waals surface area (Å²) in [5.74, 6) is 0.512. The van der Waals surface area contributed by atoms with Crippen LogP contribution < -0.4 is 5.32 Å². The van der Waals surface area contributed by atoms with Crippen molar-refractivity contribution in [2.24, 2.45) is 5.92 Å². The van der Waals surface area contributed by atoms with Crippen LogP contribution in [0, 0.1) is 5.92 Å². The number of Topliss-reactive ketones (excluding diaryl/α,β-unsaturated/α-hetero) is 1. The monoisotopic (exact) mass is 268 g/mol. The molecule has 110 valence electrons. The van der Waals surface area contributed by atoms with Crippen LogP contribution in [-0.2, 0) is 9.53 Å². The van der Waals surface area contributed by atoms with E-state index >= 15 is 0 Å². The first kappa shape index (κ1) is 14.9. The van der Waals surface area contributed by atoms with E-state index in [2.05, 4.69) is 10.2 Å². The fourth-order valence-corrected chi connectivity index (χ4v) is 2.79. The first-order chi connectivity index (χ1) is 9.08. The Morgan fingerprint density at radius 1 is 1.26 bits per heavy atom. The first-order valence-corrected chi connectivity index (χ1v) is 7.66. The zero-order chi connectivity index (χ0) is 13.8. The molecule has 2 fully saturated rings. The molecule has 1 aliphatic heterocycles. The molecule has 19 heavy (non-hydrogen) atoms. The SMILES string of the molecule is CNC1CC(OC2CCN(CC(=O)C(C)C)CC2)C1. The lowest BCUT2D eigenvalue weighted by Gasteiger charge is -2.39. The minimum Gasteiger partial charge on any atom is -0.375 e. The predicted octanol–water partition coefficient (Wildman–Crippen LogP) is 1.44. The zero-order valence-electron chi connectivity index (χ0n) is 12.5. The van der Waals surface area contributed by atoms with Crippen LogP contribution in [0.5, 0.6) is 0 Å². The molecule has 0 aromatic rings. The summed E-state index contributed by atoms with van der Waals surface area (Å²) >= 11 is 0. The molecule has 0 unspecified atom stereocenters. The molecule has 0 bridgehead atoms. The minimum atomic E-state index is 0.155. The second-order valence-electron chi connectivity index (χ2n) is 6.31. The number of piperidine rings is 1. The van der Waals surface area contributed by atoms with Gasteiger partial charge in [0.2, 0.25) is 0 Å². The Morgan fingerprint density at radius 3 is 2.42 bits per heavy atom. The summed E-state index contributed by atoms with van der Waals surface area (Å²) in [6, 6.07) is 0.661. The van der Waals surface area contributed by atoms with Crippen molar-refractivity contribution in [2.75, 3.05) is 26.7 Å². The van der Waals surface area contributed by atoms with Crippen molar-refractivity contribution >= 4 is 5.78 Å². The van der Waals surface area contributed by atoms with E-state index in [0.717, 1.165) is 38.8 Å². The summed E-state index contributed by atoms with van der Waals surface area (Å²) in [4.78, 5) is 14.0. The quantitative estimate of drug-likeness (QED) is 0.791. The molecular weight excluding hydrogens is 240 g/mol. The third-order valence-electron chi connectivity index (χ3n) is 4.45. The van der Waals surface area contributed by atoms with E-state index in [-0.39, 0.29) is 5.92 Å². The maximum atomic E-state index is 11.7. The largest absolute Gasteiger partial charge is 0.375 e. The Kier molecular flexibility index (Phi) is 5.37. The highest BCUT2D eigenvalue weighted by atomic mass is 16.5. The van der Waals surface area contributed by atoms with Crippen LogP contribution in [0.1, 0.15) is 39.5 Å². The van der Waals surface area contributed by atoms with Crippen molar-refractivity contribution in [1.82, 2.24) is 10.2 Å². The molecule has 1 N–H and O–H groups in total. The molecule has 1 saturated heterocycles. The van der Waals surface area contributed by atoms with E-state index in [9.17, 15) is 4.79 Å². The van der Waals surface area contributed by atoms with Gasteiger partial charge < -0.3 is 10.1 Å². The van der Waals surface area contributed by atoms with Gasteiger partial charge in [0.15, 0.2) is 0 Å². The van der Waals surface area contributed by atoms with Crippen LogP contribution in [0.2, 0.25) is 0 Å². The highest BCUT2D eigenvalue weighted by Crippen LogP contribution is 2.27. The average molecular weight is 268 g/mol. The Hall–Kier alpha value is -0.450. The molecule has 4 nitrogen and oxygen atoms in total. The topological polar surface area (TPSA) is 41.6 Å². The number of hydrogen-bond donors (Lipinski definition) is 1. The van der Waals surface area contributed by atoms with E-state index in [1.54, 1.807) is 0 Å². The lowest BCUT2D eigenvalue weighted by molar-refractivity contribution is -0.124. The minimum absolute atomic E-state index is 0.155. The van der Waals surface area contributed by atoms with Crippen molar-refractivity contribution in [3.8, 4) is 0 Å². The van der Waals surface area contributed by atoms with Gasteiger partial charge in [0.25, 0.3) is 0 Å². The van der Waals surface area contributed by atoms with Gasteiger partial charge in [-0.05, 0) is 32.7 Å². The number of carbonyl (C=O) groups is 1. The van der Waals surface area contributed by atoms with Gasteiger partial charge in [-0.15, -0.1) is 0 Å². The van der Waals surface area contributed by atoms with E-state index in [4.69, 9.17) is 4.74 Å². The second-order valence-corrected chi connectivity index (χ2v) is 6.31. The van der Waals surface area contributed by atoms with Crippen molar-refractivity contribution in [2.45, 2.75) is 57.8 Å². The molecule has 1 saturated carbocycles. The van der Waals surface area contributed by atoms with Crippen LogP contribution in [0.4, 0.5) is 0 Å². The van der Waals surface area contributed by atoms with Crippen LogP contribution in [0.15, 0.2) is 0 Å². The smallest absolute Gasteiger partial charge is 0.149 e. The standard InChI is InChI=1S/C15H28N2O2/c1-11(2)15(18)10-17-6-4-13(5-7-17)19-14-8-12(9-14)16-3/h11-14,16H,4-10H2,1-3H3. The normalized spacial score (nSPS) is 29.5. The summed E-state index contributed by atoms with van der Waals surface area (Å²) < 4.78 is 6.11. The lowest BCUT2D eigenvalue weighted by Crippen LogP contribution is -2.47. The maximum absolute atomic E-state index is 11.7. The predicted molar refractivity (Wildman–Crippen MR) is 76.3 cm³/mol. The molecule has 0 spiro atoms. The van der Waals surface area contributed by atoms with Crippen molar-refractivity contribution in [3.05, 3.63) is 0 Å². The van der Waals surface area contributed by atoms with Crippen LogP contribution >= 0.6 is 0 Å². The number of carbonyl (C=O) groups excluding carboxylic acids is 1. The molecule has 1 aliphatic carbocycles. The summed E-state index contributed by atoms with van der Waals surface area (Å²) in [6.45, 7) is 6.59. The number of ketones is 1. The zero-order valence-corrected chi connectivity index (χ0v) is 12.5.